The predicted octanol–water partition coefficient (Wildman–Crippen LogP) is 4.87. The van der Waals surface area contributed by atoms with E-state index in [-0.39, 0.29) is 16.5 Å². The Labute approximate surface area is 147 Å². The van der Waals surface area contributed by atoms with Crippen LogP contribution in [0.4, 0.5) is 4.39 Å². The monoisotopic (exact) mass is 354 g/mol. The zero-order chi connectivity index (χ0) is 17.6. The molecule has 4 aromatic rings. The Balaban J connectivity index is 2.04. The molecule has 0 amide bonds. The van der Waals surface area contributed by atoms with E-state index in [4.69, 9.17) is 11.6 Å². The average Bonchev–Trinajstić information content (AvgIpc) is 2.97. The van der Waals surface area contributed by atoms with Crippen molar-refractivity contribution in [3.05, 3.63) is 71.6 Å². The molecule has 6 heteroatoms. The number of fused-ring (bicyclic) bond motifs is 1. The van der Waals surface area contributed by atoms with E-state index in [0.717, 1.165) is 6.07 Å². The molecule has 25 heavy (non-hydrogen) atoms. The second-order valence-electron chi connectivity index (χ2n) is 5.54. The first-order chi connectivity index (χ1) is 12.1. The van der Waals surface area contributed by atoms with Gasteiger partial charge in [0.25, 0.3) is 0 Å². The fourth-order valence-corrected chi connectivity index (χ4v) is 3.00. The van der Waals surface area contributed by atoms with Crippen LogP contribution in [0.15, 0.2) is 60.8 Å². The van der Waals surface area contributed by atoms with Crippen LogP contribution >= 0.6 is 11.6 Å². The van der Waals surface area contributed by atoms with E-state index < -0.39 is 5.82 Å². The summed E-state index contributed by atoms with van der Waals surface area (Å²) in [6, 6.07) is 14.3. The van der Waals surface area contributed by atoms with E-state index in [1.165, 1.54) is 12.1 Å². The molecule has 2 aromatic carbocycles. The average molecular weight is 355 g/mol. The number of pyridine rings is 1. The Morgan fingerprint density at radius 1 is 0.960 bits per heavy atom. The van der Waals surface area contributed by atoms with Gasteiger partial charge in [0, 0.05) is 17.8 Å². The van der Waals surface area contributed by atoms with Crippen molar-refractivity contribution in [3.63, 3.8) is 0 Å². The maximum atomic E-state index is 13.3. The normalized spacial score (nSPS) is 11.1. The van der Waals surface area contributed by atoms with Gasteiger partial charge in [0.05, 0.1) is 16.1 Å². The van der Waals surface area contributed by atoms with Gasteiger partial charge in [0.15, 0.2) is 0 Å². The van der Waals surface area contributed by atoms with Crippen molar-refractivity contribution >= 4 is 17.1 Å². The topological polar surface area (TPSA) is 57.8 Å². The highest BCUT2D eigenvalue weighted by Crippen LogP contribution is 2.39. The third-order valence-corrected chi connectivity index (χ3v) is 4.30. The van der Waals surface area contributed by atoms with E-state index in [0.29, 0.717) is 28.2 Å². The van der Waals surface area contributed by atoms with Crippen LogP contribution in [0.1, 0.15) is 0 Å². The van der Waals surface area contributed by atoms with Crippen LogP contribution < -0.4 is 0 Å². The number of aromatic nitrogens is 2. The lowest BCUT2D eigenvalue weighted by atomic mass is 10.1. The molecule has 4 rings (SSSR count). The Hall–Kier alpha value is -3.05. The second-order valence-corrected chi connectivity index (χ2v) is 5.94. The van der Waals surface area contributed by atoms with Crippen LogP contribution in [0.2, 0.25) is 5.02 Å². The van der Waals surface area contributed by atoms with Crippen molar-refractivity contribution in [3.8, 4) is 34.1 Å². The van der Waals surface area contributed by atoms with Gasteiger partial charge in [-0.05, 0) is 36.4 Å². The lowest BCUT2D eigenvalue weighted by Crippen LogP contribution is -1.89. The fourth-order valence-electron chi connectivity index (χ4n) is 2.83. The molecular formula is C19H12ClFN2O2. The third-order valence-electron chi connectivity index (χ3n) is 3.99. The molecule has 0 unspecified atom stereocenters. The lowest BCUT2D eigenvalue weighted by molar-refractivity contribution is 0.471. The van der Waals surface area contributed by atoms with Crippen molar-refractivity contribution in [2.75, 3.05) is 0 Å². The lowest BCUT2D eigenvalue weighted by Gasteiger charge is -2.05. The molecule has 2 N–H and O–H groups in total. The van der Waals surface area contributed by atoms with Gasteiger partial charge < -0.3 is 10.2 Å². The van der Waals surface area contributed by atoms with Crippen LogP contribution in [0.5, 0.6) is 11.5 Å². The number of rotatable bonds is 2. The smallest absolute Gasteiger partial charge is 0.149 e. The molecule has 2 heterocycles. The summed E-state index contributed by atoms with van der Waals surface area (Å²) in [5.41, 5.74) is 2.05. The van der Waals surface area contributed by atoms with Crippen LogP contribution in [-0.2, 0) is 0 Å². The van der Waals surface area contributed by atoms with Gasteiger partial charge in [-0.2, -0.15) is 0 Å². The number of hydrogen-bond donors (Lipinski definition) is 2. The zero-order valence-corrected chi connectivity index (χ0v) is 13.6. The second kappa shape index (κ2) is 5.79. The van der Waals surface area contributed by atoms with E-state index in [1.54, 1.807) is 28.8 Å². The van der Waals surface area contributed by atoms with Crippen LogP contribution in [0.3, 0.4) is 0 Å². The maximum absolute atomic E-state index is 13.3. The van der Waals surface area contributed by atoms with Gasteiger partial charge >= 0.3 is 0 Å². The number of nitrogens with zero attached hydrogens (tertiary/aromatic N) is 2. The van der Waals surface area contributed by atoms with E-state index >= 15 is 0 Å². The number of phenolic OH excluding ortho intramolecular Hbond substituents is 2. The Kier molecular flexibility index (Phi) is 3.58. The molecule has 124 valence electrons. The standard InChI is InChI=1S/C19H12ClFN2O2/c20-14-5-3-4-13(18(14)25)19-22-17(15-6-1-2-9-23(15)19)12-8-7-11(21)10-16(12)24/h1-10,24-25H. The molecule has 0 bridgehead atoms. The van der Waals surface area contributed by atoms with Gasteiger partial charge in [-0.1, -0.05) is 23.7 Å². The quantitative estimate of drug-likeness (QED) is 0.540. The largest absolute Gasteiger partial charge is 0.507 e. The first kappa shape index (κ1) is 15.5. The first-order valence-electron chi connectivity index (χ1n) is 7.50. The summed E-state index contributed by atoms with van der Waals surface area (Å²) in [6.07, 6.45) is 1.79. The Morgan fingerprint density at radius 3 is 2.60 bits per heavy atom. The summed E-state index contributed by atoms with van der Waals surface area (Å²) < 4.78 is 15.1. The molecule has 0 aliphatic heterocycles. The highest BCUT2D eigenvalue weighted by molar-refractivity contribution is 6.32. The summed E-state index contributed by atoms with van der Waals surface area (Å²) in [5.74, 6) is -0.340. The number of imidazole rings is 1. The predicted molar refractivity (Wildman–Crippen MR) is 94.4 cm³/mol. The van der Waals surface area contributed by atoms with E-state index in [9.17, 15) is 14.6 Å². The Bertz CT molecular complexity index is 1110. The van der Waals surface area contributed by atoms with Gasteiger partial charge in [0.2, 0.25) is 0 Å². The molecule has 0 aliphatic carbocycles. The number of phenols is 2. The molecule has 0 aliphatic rings. The summed E-state index contributed by atoms with van der Waals surface area (Å²) in [7, 11) is 0. The highest BCUT2D eigenvalue weighted by atomic mass is 35.5. The van der Waals surface area contributed by atoms with Crippen LogP contribution in [-0.4, -0.2) is 19.6 Å². The molecule has 0 atom stereocenters. The summed E-state index contributed by atoms with van der Waals surface area (Å²) in [5, 5.41) is 20.6. The van der Waals surface area contributed by atoms with Gasteiger partial charge in [-0.15, -0.1) is 0 Å². The molecule has 0 saturated heterocycles. The molecule has 4 nitrogen and oxygen atoms in total. The van der Waals surface area contributed by atoms with Gasteiger partial charge in [0.1, 0.15) is 28.8 Å². The van der Waals surface area contributed by atoms with Gasteiger partial charge in [-0.3, -0.25) is 4.40 Å². The number of para-hydroxylation sites is 1. The Morgan fingerprint density at radius 2 is 1.80 bits per heavy atom. The van der Waals surface area contributed by atoms with Crippen LogP contribution in [0, 0.1) is 5.82 Å². The summed E-state index contributed by atoms with van der Waals surface area (Å²) in [6.45, 7) is 0. The van der Waals surface area contributed by atoms with Crippen molar-refractivity contribution in [1.82, 2.24) is 9.38 Å². The number of benzene rings is 2. The highest BCUT2D eigenvalue weighted by Gasteiger charge is 2.19. The molecular weight excluding hydrogens is 343 g/mol. The number of aromatic hydroxyl groups is 2. The minimum atomic E-state index is -0.530. The van der Waals surface area contributed by atoms with Gasteiger partial charge in [-0.25, -0.2) is 9.37 Å². The molecule has 0 radical (unpaired) electrons. The van der Waals surface area contributed by atoms with Crippen molar-refractivity contribution in [1.29, 1.82) is 0 Å². The number of hydrogen-bond acceptors (Lipinski definition) is 3. The van der Waals surface area contributed by atoms with E-state index in [2.05, 4.69) is 4.98 Å². The fraction of sp³-hybridized carbons (Fsp3) is 0. The van der Waals surface area contributed by atoms with Crippen molar-refractivity contribution in [2.24, 2.45) is 0 Å². The minimum Gasteiger partial charge on any atom is -0.507 e. The molecule has 2 aromatic heterocycles. The molecule has 0 fully saturated rings. The van der Waals surface area contributed by atoms with Crippen LogP contribution in [0.25, 0.3) is 28.2 Å². The third kappa shape index (κ3) is 2.49. The minimum absolute atomic E-state index is 0.0743. The zero-order valence-electron chi connectivity index (χ0n) is 12.8. The summed E-state index contributed by atoms with van der Waals surface area (Å²) in [4.78, 5) is 4.58. The van der Waals surface area contributed by atoms with Crippen molar-refractivity contribution < 1.29 is 14.6 Å². The van der Waals surface area contributed by atoms with Crippen molar-refractivity contribution in [2.45, 2.75) is 0 Å². The summed E-state index contributed by atoms with van der Waals surface area (Å²) >= 11 is 6.01. The number of halogens is 2. The SMILES string of the molecule is Oc1cc(F)ccc1-c1nc(-c2cccc(Cl)c2O)n2ccccc12. The first-order valence-corrected chi connectivity index (χ1v) is 7.88. The van der Waals surface area contributed by atoms with E-state index in [1.807, 2.05) is 18.2 Å². The molecule has 0 saturated carbocycles. The molecule has 0 spiro atoms. The maximum Gasteiger partial charge on any atom is 0.149 e.